The van der Waals surface area contributed by atoms with Crippen molar-refractivity contribution in [1.29, 1.82) is 0 Å². The summed E-state index contributed by atoms with van der Waals surface area (Å²) in [4.78, 5) is 38.5. The van der Waals surface area contributed by atoms with Crippen molar-refractivity contribution in [3.8, 4) is 0 Å². The van der Waals surface area contributed by atoms with Crippen molar-refractivity contribution >= 4 is 27.8 Å². The minimum absolute atomic E-state index is 0.0238. The fourth-order valence-electron chi connectivity index (χ4n) is 1.86. The molecule has 1 fully saturated rings. The fraction of sp³-hybridized carbons (Fsp3) is 0.417. The van der Waals surface area contributed by atoms with Gasteiger partial charge in [0, 0.05) is 12.2 Å². The summed E-state index contributed by atoms with van der Waals surface area (Å²) >= 11 is 3.05. The maximum atomic E-state index is 12.4. The van der Waals surface area contributed by atoms with Crippen LogP contribution in [-0.4, -0.2) is 39.0 Å². The van der Waals surface area contributed by atoms with Gasteiger partial charge in [-0.3, -0.25) is 9.59 Å². The fourth-order valence-corrected chi connectivity index (χ4v) is 2.22. The molecule has 1 amide bonds. The average molecular weight is 329 g/mol. The molecule has 0 saturated heterocycles. The highest BCUT2D eigenvalue weighted by atomic mass is 79.9. The van der Waals surface area contributed by atoms with Crippen LogP contribution in [-0.2, 0) is 4.79 Å². The Morgan fingerprint density at radius 2 is 2.16 bits per heavy atom. The summed E-state index contributed by atoms with van der Waals surface area (Å²) in [5.41, 5.74) is -0.0627. The maximum absolute atomic E-state index is 12.4. The second kappa shape index (κ2) is 5.16. The predicted octanol–water partition coefficient (Wildman–Crippen LogP) is 1.22. The molecule has 0 spiro atoms. The molecule has 1 aromatic rings. The Bertz CT molecular complexity index is 579. The molecule has 1 heterocycles. The number of H-pyrrole nitrogens is 1. The molecule has 0 radical (unpaired) electrons. The van der Waals surface area contributed by atoms with Crippen molar-refractivity contribution in [2.45, 2.75) is 31.8 Å². The highest BCUT2D eigenvalue weighted by Gasteiger charge is 2.38. The number of carbonyl (C=O) groups excluding carboxylic acids is 1. The van der Waals surface area contributed by atoms with Crippen molar-refractivity contribution in [1.82, 2.24) is 9.88 Å². The number of nitrogens with zero attached hydrogens (tertiary/aromatic N) is 1. The SMILES string of the molecule is CC(C(=O)O)N(C(=O)c1c[nH]c(=O)c(Br)c1)C1CC1. The molecule has 7 heteroatoms. The van der Waals surface area contributed by atoms with E-state index in [-0.39, 0.29) is 27.5 Å². The standard InChI is InChI=1S/C12H13BrN2O4/c1-6(12(18)19)15(8-2-3-8)11(17)7-4-9(13)10(16)14-5-7/h4-6,8H,2-3H2,1H3,(H,14,16)(H,18,19). The van der Waals surface area contributed by atoms with E-state index in [1.54, 1.807) is 0 Å². The Morgan fingerprint density at radius 3 is 2.63 bits per heavy atom. The number of carboxylic acids is 1. The quantitative estimate of drug-likeness (QED) is 0.869. The van der Waals surface area contributed by atoms with Gasteiger partial charge in [0.1, 0.15) is 6.04 Å². The third kappa shape index (κ3) is 2.86. The van der Waals surface area contributed by atoms with Crippen molar-refractivity contribution < 1.29 is 14.7 Å². The molecule has 1 aliphatic rings. The number of aromatic amines is 1. The number of carboxylic acid groups (broad SMARTS) is 1. The molecule has 2 N–H and O–H groups in total. The second-order valence-electron chi connectivity index (χ2n) is 4.52. The third-order valence-electron chi connectivity index (χ3n) is 3.05. The first-order chi connectivity index (χ1) is 8.91. The lowest BCUT2D eigenvalue weighted by molar-refractivity contribution is -0.141. The Balaban J connectivity index is 2.31. The summed E-state index contributed by atoms with van der Waals surface area (Å²) < 4.78 is 0.247. The molecular weight excluding hydrogens is 316 g/mol. The summed E-state index contributed by atoms with van der Waals surface area (Å²) in [7, 11) is 0. The number of nitrogens with one attached hydrogen (secondary N) is 1. The average Bonchev–Trinajstić information content (AvgIpc) is 3.17. The topological polar surface area (TPSA) is 90.5 Å². The number of pyridine rings is 1. The Labute approximate surface area is 117 Å². The van der Waals surface area contributed by atoms with Crippen LogP contribution >= 0.6 is 15.9 Å². The van der Waals surface area contributed by atoms with E-state index in [0.717, 1.165) is 12.8 Å². The van der Waals surface area contributed by atoms with E-state index in [1.807, 2.05) is 0 Å². The van der Waals surface area contributed by atoms with Crippen LogP contribution in [0.4, 0.5) is 0 Å². The minimum Gasteiger partial charge on any atom is -0.480 e. The number of aliphatic carboxylic acids is 1. The van der Waals surface area contributed by atoms with Crippen molar-refractivity contribution in [2.24, 2.45) is 0 Å². The monoisotopic (exact) mass is 328 g/mol. The zero-order valence-electron chi connectivity index (χ0n) is 10.2. The van der Waals surface area contributed by atoms with Gasteiger partial charge in [-0.05, 0) is 41.8 Å². The molecule has 0 bridgehead atoms. The molecule has 19 heavy (non-hydrogen) atoms. The summed E-state index contributed by atoms with van der Waals surface area (Å²) in [6.07, 6.45) is 2.93. The smallest absolute Gasteiger partial charge is 0.326 e. The van der Waals surface area contributed by atoms with Crippen molar-refractivity contribution in [2.75, 3.05) is 0 Å². The van der Waals surface area contributed by atoms with E-state index < -0.39 is 12.0 Å². The molecule has 1 aromatic heterocycles. The van der Waals surface area contributed by atoms with Crippen LogP contribution in [0, 0.1) is 0 Å². The first-order valence-electron chi connectivity index (χ1n) is 5.85. The van der Waals surface area contributed by atoms with Gasteiger partial charge >= 0.3 is 5.97 Å². The number of halogens is 1. The van der Waals surface area contributed by atoms with Gasteiger partial charge in [0.25, 0.3) is 11.5 Å². The predicted molar refractivity (Wildman–Crippen MR) is 71.1 cm³/mol. The number of hydrogen-bond donors (Lipinski definition) is 2. The van der Waals surface area contributed by atoms with Crippen molar-refractivity contribution in [3.63, 3.8) is 0 Å². The molecule has 6 nitrogen and oxygen atoms in total. The molecule has 1 atom stereocenters. The third-order valence-corrected chi connectivity index (χ3v) is 3.64. The number of carbonyl (C=O) groups is 2. The summed E-state index contributed by atoms with van der Waals surface area (Å²) in [5.74, 6) is -1.42. The molecule has 1 unspecified atom stereocenters. The molecule has 1 saturated carbocycles. The summed E-state index contributed by atoms with van der Waals surface area (Å²) in [5, 5.41) is 9.06. The first kappa shape index (κ1) is 13.8. The number of amides is 1. The Hall–Kier alpha value is -1.63. The summed E-state index contributed by atoms with van der Waals surface area (Å²) in [6.45, 7) is 1.49. The minimum atomic E-state index is -1.04. The van der Waals surface area contributed by atoms with Crippen molar-refractivity contribution in [3.05, 3.63) is 32.7 Å². The van der Waals surface area contributed by atoms with Crippen LogP contribution in [0.3, 0.4) is 0 Å². The van der Waals surface area contributed by atoms with Crippen LogP contribution in [0.15, 0.2) is 21.5 Å². The highest BCUT2D eigenvalue weighted by molar-refractivity contribution is 9.10. The van der Waals surface area contributed by atoms with E-state index in [2.05, 4.69) is 20.9 Å². The summed E-state index contributed by atoms with van der Waals surface area (Å²) in [6, 6.07) is 0.500. The van der Waals surface area contributed by atoms with Gasteiger partial charge in [-0.1, -0.05) is 0 Å². The second-order valence-corrected chi connectivity index (χ2v) is 5.38. The van der Waals surface area contributed by atoms with E-state index in [4.69, 9.17) is 5.11 Å². The van der Waals surface area contributed by atoms with E-state index in [0.29, 0.717) is 0 Å². The Morgan fingerprint density at radius 1 is 1.53 bits per heavy atom. The van der Waals surface area contributed by atoms with Crippen LogP contribution in [0.1, 0.15) is 30.1 Å². The normalized spacial score (nSPS) is 15.9. The largest absolute Gasteiger partial charge is 0.480 e. The molecule has 0 aromatic carbocycles. The number of rotatable bonds is 4. The highest BCUT2D eigenvalue weighted by Crippen LogP contribution is 2.30. The lowest BCUT2D eigenvalue weighted by atomic mass is 10.2. The van der Waals surface area contributed by atoms with Gasteiger partial charge in [-0.25, -0.2) is 4.79 Å². The zero-order valence-corrected chi connectivity index (χ0v) is 11.8. The molecule has 0 aliphatic heterocycles. The van der Waals surface area contributed by atoms with E-state index in [1.165, 1.54) is 24.1 Å². The van der Waals surface area contributed by atoms with Gasteiger partial charge in [-0.15, -0.1) is 0 Å². The lowest BCUT2D eigenvalue weighted by Gasteiger charge is -2.26. The van der Waals surface area contributed by atoms with Crippen LogP contribution < -0.4 is 5.56 Å². The number of hydrogen-bond acceptors (Lipinski definition) is 3. The lowest BCUT2D eigenvalue weighted by Crippen LogP contribution is -2.44. The first-order valence-corrected chi connectivity index (χ1v) is 6.65. The molecule has 2 rings (SSSR count). The van der Waals surface area contributed by atoms with Gasteiger partial charge in [0.15, 0.2) is 0 Å². The van der Waals surface area contributed by atoms with E-state index in [9.17, 15) is 14.4 Å². The van der Waals surface area contributed by atoms with Gasteiger partial charge in [-0.2, -0.15) is 0 Å². The molecular formula is C12H13BrN2O4. The molecule has 102 valence electrons. The van der Waals surface area contributed by atoms with E-state index >= 15 is 0 Å². The molecule has 1 aliphatic carbocycles. The van der Waals surface area contributed by atoms with Crippen LogP contribution in [0.25, 0.3) is 0 Å². The van der Waals surface area contributed by atoms with Crippen LogP contribution in [0.2, 0.25) is 0 Å². The van der Waals surface area contributed by atoms with Gasteiger partial charge in [0.05, 0.1) is 10.0 Å². The number of aromatic nitrogens is 1. The Kier molecular flexibility index (Phi) is 3.75. The van der Waals surface area contributed by atoms with Gasteiger partial charge < -0.3 is 15.0 Å². The van der Waals surface area contributed by atoms with Crippen LogP contribution in [0.5, 0.6) is 0 Å². The van der Waals surface area contributed by atoms with Gasteiger partial charge in [0.2, 0.25) is 0 Å². The zero-order chi connectivity index (χ0) is 14.2. The maximum Gasteiger partial charge on any atom is 0.326 e.